The van der Waals surface area contributed by atoms with Crippen molar-refractivity contribution < 1.29 is 0 Å². The predicted molar refractivity (Wildman–Crippen MR) is 82.3 cm³/mol. The molecule has 1 aromatic rings. The van der Waals surface area contributed by atoms with E-state index in [1.165, 1.54) is 37.9 Å². The van der Waals surface area contributed by atoms with Crippen molar-refractivity contribution in [3.8, 4) is 0 Å². The molecule has 2 atom stereocenters. The minimum atomic E-state index is 0.405. The van der Waals surface area contributed by atoms with Crippen molar-refractivity contribution in [2.24, 2.45) is 0 Å². The number of hydrogen-bond acceptors (Lipinski definition) is 5. The second kappa shape index (κ2) is 5.56. The molecular weight excluding hydrogens is 250 g/mol. The molecule has 2 aliphatic rings. The Bertz CT molecular complexity index is 473. The van der Waals surface area contributed by atoms with E-state index in [1.54, 1.807) is 6.33 Å². The van der Waals surface area contributed by atoms with Gasteiger partial charge in [0.2, 0.25) is 0 Å². The normalized spacial score (nSPS) is 26.0. The summed E-state index contributed by atoms with van der Waals surface area (Å²) in [5.74, 6) is 2.36. The molecule has 0 spiro atoms. The average Bonchev–Trinajstić information content (AvgIpc) is 3.03. The molecule has 2 N–H and O–H groups in total. The van der Waals surface area contributed by atoms with Crippen molar-refractivity contribution in [3.05, 3.63) is 11.9 Å². The molecule has 0 aliphatic carbocycles. The lowest BCUT2D eigenvalue weighted by atomic mass is 10.0. The molecule has 0 radical (unpaired) electrons. The molecule has 20 heavy (non-hydrogen) atoms. The number of aromatic nitrogens is 2. The zero-order valence-corrected chi connectivity index (χ0v) is 12.7. The summed E-state index contributed by atoms with van der Waals surface area (Å²) in [6, 6.07) is 1.23. The summed E-state index contributed by atoms with van der Waals surface area (Å²) in [5, 5.41) is 6.89. The zero-order chi connectivity index (χ0) is 14.1. The quantitative estimate of drug-likeness (QED) is 0.883. The first-order valence-corrected chi connectivity index (χ1v) is 7.74. The first kappa shape index (κ1) is 13.6. The Morgan fingerprint density at radius 2 is 2.00 bits per heavy atom. The number of nitrogens with zero attached hydrogens (tertiary/aromatic N) is 3. The minimum absolute atomic E-state index is 0.405. The van der Waals surface area contributed by atoms with Crippen molar-refractivity contribution in [1.29, 1.82) is 0 Å². The van der Waals surface area contributed by atoms with Crippen LogP contribution in [0.4, 0.5) is 11.6 Å². The van der Waals surface area contributed by atoms with E-state index < -0.39 is 0 Å². The maximum Gasteiger partial charge on any atom is 0.135 e. The third-order valence-corrected chi connectivity index (χ3v) is 4.63. The molecular formula is C15H25N5. The molecule has 2 saturated heterocycles. The molecule has 5 nitrogen and oxygen atoms in total. The highest BCUT2D eigenvalue weighted by atomic mass is 15.2. The fraction of sp³-hybridized carbons (Fsp3) is 0.733. The van der Waals surface area contributed by atoms with Crippen molar-refractivity contribution in [2.45, 2.75) is 51.1 Å². The Balaban J connectivity index is 1.83. The van der Waals surface area contributed by atoms with Crippen LogP contribution in [0, 0.1) is 0 Å². The molecule has 0 aromatic carbocycles. The van der Waals surface area contributed by atoms with Gasteiger partial charge in [0.1, 0.15) is 18.0 Å². The molecule has 2 fully saturated rings. The van der Waals surface area contributed by atoms with Crippen molar-refractivity contribution in [2.75, 3.05) is 30.8 Å². The summed E-state index contributed by atoms with van der Waals surface area (Å²) in [4.78, 5) is 11.5. The monoisotopic (exact) mass is 275 g/mol. The molecule has 0 bridgehead atoms. The van der Waals surface area contributed by atoms with Gasteiger partial charge < -0.3 is 10.6 Å². The van der Waals surface area contributed by atoms with E-state index in [1.807, 2.05) is 7.05 Å². The largest absolute Gasteiger partial charge is 0.373 e. The Labute approximate surface area is 121 Å². The Hall–Kier alpha value is -1.36. The molecule has 0 saturated carbocycles. The number of rotatable bonds is 4. The van der Waals surface area contributed by atoms with Crippen LogP contribution in [-0.2, 0) is 0 Å². The van der Waals surface area contributed by atoms with Gasteiger partial charge in [-0.15, -0.1) is 0 Å². The van der Waals surface area contributed by atoms with Gasteiger partial charge in [0.15, 0.2) is 0 Å². The first-order chi connectivity index (χ1) is 9.70. The Morgan fingerprint density at radius 1 is 1.20 bits per heavy atom. The van der Waals surface area contributed by atoms with Gasteiger partial charge in [0, 0.05) is 31.2 Å². The van der Waals surface area contributed by atoms with Crippen LogP contribution >= 0.6 is 0 Å². The van der Waals surface area contributed by atoms with Crippen LogP contribution in [0.15, 0.2) is 6.33 Å². The van der Waals surface area contributed by atoms with Crippen molar-refractivity contribution in [3.63, 3.8) is 0 Å². The minimum Gasteiger partial charge on any atom is -0.373 e. The third-order valence-electron chi connectivity index (χ3n) is 4.63. The van der Waals surface area contributed by atoms with Gasteiger partial charge in [-0.25, -0.2) is 9.97 Å². The van der Waals surface area contributed by atoms with Crippen LogP contribution in [0.2, 0.25) is 0 Å². The fourth-order valence-corrected chi connectivity index (χ4v) is 3.68. The van der Waals surface area contributed by atoms with Crippen molar-refractivity contribution in [1.82, 2.24) is 14.9 Å². The van der Waals surface area contributed by atoms with Crippen LogP contribution in [0.1, 0.15) is 44.6 Å². The van der Waals surface area contributed by atoms with E-state index in [0.717, 1.165) is 11.6 Å². The lowest BCUT2D eigenvalue weighted by molar-refractivity contribution is 0.318. The standard InChI is InChI=1S/C15H25N5/c1-10(2)13-14(16-3)17-9-18-15(13)19-11-6-8-20-7-4-5-12(11)20/h9-12H,4-8H2,1-3H3,(H2,16,17,18,19). The molecule has 2 aliphatic heterocycles. The Kier molecular flexibility index (Phi) is 3.78. The Morgan fingerprint density at radius 3 is 2.75 bits per heavy atom. The van der Waals surface area contributed by atoms with Crippen LogP contribution < -0.4 is 10.6 Å². The maximum atomic E-state index is 4.51. The van der Waals surface area contributed by atoms with Crippen LogP contribution in [0.25, 0.3) is 0 Å². The summed E-state index contributed by atoms with van der Waals surface area (Å²) < 4.78 is 0. The predicted octanol–water partition coefficient (Wildman–Crippen LogP) is 2.29. The summed E-state index contributed by atoms with van der Waals surface area (Å²) in [5.41, 5.74) is 1.20. The third kappa shape index (κ3) is 2.35. The number of fused-ring (bicyclic) bond motifs is 1. The highest BCUT2D eigenvalue weighted by molar-refractivity contribution is 5.59. The number of anilines is 2. The fourth-order valence-electron chi connectivity index (χ4n) is 3.68. The van der Waals surface area contributed by atoms with Crippen LogP contribution in [0.3, 0.4) is 0 Å². The van der Waals surface area contributed by atoms with E-state index in [2.05, 4.69) is 39.3 Å². The summed E-state index contributed by atoms with van der Waals surface area (Å²) in [6.45, 7) is 6.89. The number of hydrogen-bond donors (Lipinski definition) is 2. The topological polar surface area (TPSA) is 53.1 Å². The van der Waals surface area contributed by atoms with Crippen LogP contribution in [0.5, 0.6) is 0 Å². The average molecular weight is 275 g/mol. The lowest BCUT2D eigenvalue weighted by Crippen LogP contribution is -2.34. The molecule has 0 amide bonds. The molecule has 2 unspecified atom stereocenters. The van der Waals surface area contributed by atoms with E-state index in [-0.39, 0.29) is 0 Å². The van der Waals surface area contributed by atoms with E-state index >= 15 is 0 Å². The second-order valence-corrected chi connectivity index (χ2v) is 6.17. The molecule has 3 heterocycles. The smallest absolute Gasteiger partial charge is 0.135 e. The van der Waals surface area contributed by atoms with Crippen molar-refractivity contribution >= 4 is 11.6 Å². The zero-order valence-electron chi connectivity index (χ0n) is 12.7. The summed E-state index contributed by atoms with van der Waals surface area (Å²) >= 11 is 0. The van der Waals surface area contributed by atoms with Gasteiger partial charge in [-0.05, 0) is 31.7 Å². The summed E-state index contributed by atoms with van der Waals surface area (Å²) in [6.07, 6.45) is 5.53. The lowest BCUT2D eigenvalue weighted by Gasteiger charge is -2.24. The van der Waals surface area contributed by atoms with Gasteiger partial charge in [0.25, 0.3) is 0 Å². The van der Waals surface area contributed by atoms with E-state index in [9.17, 15) is 0 Å². The van der Waals surface area contributed by atoms with Gasteiger partial charge in [-0.2, -0.15) is 0 Å². The van der Waals surface area contributed by atoms with Crippen LogP contribution in [-0.4, -0.2) is 47.1 Å². The van der Waals surface area contributed by atoms with Gasteiger partial charge in [-0.3, -0.25) is 4.90 Å². The maximum absolute atomic E-state index is 4.51. The van der Waals surface area contributed by atoms with Gasteiger partial charge >= 0.3 is 0 Å². The first-order valence-electron chi connectivity index (χ1n) is 7.74. The molecule has 5 heteroatoms. The molecule has 110 valence electrons. The highest BCUT2D eigenvalue weighted by Crippen LogP contribution is 2.33. The SMILES string of the molecule is CNc1ncnc(NC2CCN3CCCC23)c1C(C)C. The highest BCUT2D eigenvalue weighted by Gasteiger charge is 2.37. The van der Waals surface area contributed by atoms with Gasteiger partial charge in [0.05, 0.1) is 0 Å². The number of nitrogens with one attached hydrogen (secondary N) is 2. The second-order valence-electron chi connectivity index (χ2n) is 6.17. The van der Waals surface area contributed by atoms with E-state index in [4.69, 9.17) is 0 Å². The molecule has 1 aromatic heterocycles. The van der Waals surface area contributed by atoms with Gasteiger partial charge in [-0.1, -0.05) is 13.8 Å². The van der Waals surface area contributed by atoms with E-state index in [0.29, 0.717) is 18.0 Å². The molecule has 3 rings (SSSR count). The summed E-state index contributed by atoms with van der Waals surface area (Å²) in [7, 11) is 1.92.